The second kappa shape index (κ2) is 2.11. The molecule has 4 heteroatoms. The Morgan fingerprint density at radius 1 is 1.36 bits per heavy atom. The lowest BCUT2D eigenvalue weighted by Gasteiger charge is -2.69. The van der Waals surface area contributed by atoms with Gasteiger partial charge in [0.2, 0.25) is 5.91 Å². The Morgan fingerprint density at radius 3 is 2.09 bits per heavy atom. The third kappa shape index (κ3) is 1.12. The Kier molecular flexibility index (Phi) is 1.69. The first-order valence-electron chi connectivity index (χ1n) is 3.61. The molecule has 3 saturated carbocycles. The van der Waals surface area contributed by atoms with Crippen molar-refractivity contribution in [2.75, 3.05) is 0 Å². The van der Waals surface area contributed by atoms with Gasteiger partial charge in [-0.25, -0.2) is 0 Å². The summed E-state index contributed by atoms with van der Waals surface area (Å²) in [6.07, 6.45) is 3.60. The number of halogens is 1. The van der Waals surface area contributed by atoms with E-state index in [0.29, 0.717) is 6.42 Å². The summed E-state index contributed by atoms with van der Waals surface area (Å²) in [5, 5.41) is 0. The van der Waals surface area contributed by atoms with Gasteiger partial charge in [0, 0.05) is 12.0 Å². The molecular weight excluding hydrogens is 164 g/mol. The van der Waals surface area contributed by atoms with Crippen molar-refractivity contribution in [2.24, 2.45) is 16.9 Å². The van der Waals surface area contributed by atoms with E-state index in [1.165, 1.54) is 0 Å². The minimum atomic E-state index is -0.179. The molecule has 64 valence electrons. The zero-order valence-electron chi connectivity index (χ0n) is 6.30. The highest BCUT2D eigenvalue weighted by Gasteiger charge is 2.65. The Balaban J connectivity index is 0.000000605. The third-order valence-corrected chi connectivity index (χ3v) is 2.73. The molecule has 3 aliphatic rings. The zero-order valence-corrected chi connectivity index (χ0v) is 7.12. The van der Waals surface area contributed by atoms with Crippen LogP contribution in [0.4, 0.5) is 0 Å². The van der Waals surface area contributed by atoms with Crippen LogP contribution in [0.1, 0.15) is 25.7 Å². The van der Waals surface area contributed by atoms with E-state index in [9.17, 15) is 4.79 Å². The minimum absolute atomic E-state index is 0. The second-order valence-corrected chi connectivity index (χ2v) is 4.04. The maximum Gasteiger partial charge on any atom is 0.217 e. The highest BCUT2D eigenvalue weighted by atomic mass is 35.5. The average Bonchev–Trinajstić information content (AvgIpc) is 1.56. The van der Waals surface area contributed by atoms with Crippen LogP contribution in [0.3, 0.4) is 0 Å². The van der Waals surface area contributed by atoms with Crippen LogP contribution in [0.15, 0.2) is 0 Å². The van der Waals surface area contributed by atoms with Gasteiger partial charge in [-0.3, -0.25) is 4.79 Å². The normalized spacial score (nSPS) is 44.8. The predicted octanol–water partition coefficient (Wildman–Crippen LogP) is 0.165. The fourth-order valence-electron chi connectivity index (χ4n) is 2.64. The van der Waals surface area contributed by atoms with Gasteiger partial charge < -0.3 is 11.5 Å². The van der Waals surface area contributed by atoms with Gasteiger partial charge in [-0.1, -0.05) is 0 Å². The van der Waals surface area contributed by atoms with Crippen molar-refractivity contribution in [2.45, 2.75) is 31.2 Å². The Labute approximate surface area is 71.9 Å². The summed E-state index contributed by atoms with van der Waals surface area (Å²) in [6.45, 7) is 0. The molecule has 2 bridgehead atoms. The van der Waals surface area contributed by atoms with Crippen LogP contribution >= 0.6 is 12.4 Å². The predicted molar refractivity (Wildman–Crippen MR) is 44.3 cm³/mol. The molecule has 0 aromatic rings. The topological polar surface area (TPSA) is 69.1 Å². The van der Waals surface area contributed by atoms with Gasteiger partial charge in [-0.05, 0) is 24.7 Å². The standard InChI is InChI=1S/C7H12N2O.ClH/c8-5(10)1-6-2-7(9,3-6)4-6;/h1-4,9H2,(H2,8,10);1H. The fraction of sp³-hybridized carbons (Fsp3) is 0.857. The Morgan fingerprint density at radius 2 is 1.82 bits per heavy atom. The van der Waals surface area contributed by atoms with E-state index in [2.05, 4.69) is 0 Å². The van der Waals surface area contributed by atoms with E-state index >= 15 is 0 Å². The van der Waals surface area contributed by atoms with Crippen LogP contribution in [0, 0.1) is 5.41 Å². The molecule has 3 aliphatic carbocycles. The molecule has 1 amide bonds. The van der Waals surface area contributed by atoms with E-state index < -0.39 is 0 Å². The summed E-state index contributed by atoms with van der Waals surface area (Å²) in [7, 11) is 0. The molecule has 0 radical (unpaired) electrons. The summed E-state index contributed by atoms with van der Waals surface area (Å²) >= 11 is 0. The molecule has 0 atom stereocenters. The van der Waals surface area contributed by atoms with Gasteiger partial charge in [0.25, 0.3) is 0 Å². The molecule has 0 heterocycles. The van der Waals surface area contributed by atoms with Crippen LogP contribution in [0.25, 0.3) is 0 Å². The number of primary amides is 1. The summed E-state index contributed by atoms with van der Waals surface area (Å²) in [4.78, 5) is 10.5. The van der Waals surface area contributed by atoms with Crippen molar-refractivity contribution < 1.29 is 4.79 Å². The van der Waals surface area contributed by atoms with Gasteiger partial charge in [0.15, 0.2) is 0 Å². The Hall–Kier alpha value is -0.280. The quantitative estimate of drug-likeness (QED) is 0.630. The van der Waals surface area contributed by atoms with Gasteiger partial charge >= 0.3 is 0 Å². The summed E-state index contributed by atoms with van der Waals surface area (Å²) in [5.41, 5.74) is 11.2. The van der Waals surface area contributed by atoms with E-state index in [-0.39, 0.29) is 29.3 Å². The van der Waals surface area contributed by atoms with Gasteiger partial charge in [-0.15, -0.1) is 12.4 Å². The van der Waals surface area contributed by atoms with Crippen LogP contribution in [-0.2, 0) is 4.79 Å². The first kappa shape index (κ1) is 8.81. The van der Waals surface area contributed by atoms with Crippen molar-refractivity contribution in [3.05, 3.63) is 0 Å². The molecule has 0 saturated heterocycles. The zero-order chi connectivity index (χ0) is 7.41. The van der Waals surface area contributed by atoms with Crippen molar-refractivity contribution in [3.63, 3.8) is 0 Å². The molecule has 0 spiro atoms. The molecule has 0 aromatic heterocycles. The number of nitrogens with two attached hydrogens (primary N) is 2. The summed E-state index contributed by atoms with van der Waals surface area (Å²) in [6, 6.07) is 0. The van der Waals surface area contributed by atoms with E-state index in [0.717, 1.165) is 19.3 Å². The summed E-state index contributed by atoms with van der Waals surface area (Å²) < 4.78 is 0. The van der Waals surface area contributed by atoms with Crippen molar-refractivity contribution in [1.29, 1.82) is 0 Å². The molecule has 3 rings (SSSR count). The molecule has 0 aromatic carbocycles. The first-order valence-corrected chi connectivity index (χ1v) is 3.61. The van der Waals surface area contributed by atoms with Gasteiger partial charge in [0.05, 0.1) is 0 Å². The smallest absolute Gasteiger partial charge is 0.217 e. The average molecular weight is 177 g/mol. The minimum Gasteiger partial charge on any atom is -0.370 e. The van der Waals surface area contributed by atoms with Crippen molar-refractivity contribution in [1.82, 2.24) is 0 Å². The van der Waals surface area contributed by atoms with E-state index in [1.807, 2.05) is 0 Å². The lowest BCUT2D eigenvalue weighted by Crippen LogP contribution is -2.72. The molecule has 4 N–H and O–H groups in total. The summed E-state index contributed by atoms with van der Waals surface area (Å²) in [5.74, 6) is -0.179. The number of hydrogen-bond acceptors (Lipinski definition) is 2. The van der Waals surface area contributed by atoms with Crippen LogP contribution in [0.5, 0.6) is 0 Å². The molecule has 0 unspecified atom stereocenters. The number of hydrogen-bond donors (Lipinski definition) is 2. The molecule has 3 nitrogen and oxygen atoms in total. The largest absolute Gasteiger partial charge is 0.370 e. The third-order valence-electron chi connectivity index (χ3n) is 2.73. The molecule has 11 heavy (non-hydrogen) atoms. The van der Waals surface area contributed by atoms with Gasteiger partial charge in [-0.2, -0.15) is 0 Å². The molecular formula is C7H13ClN2O. The maximum absolute atomic E-state index is 10.5. The van der Waals surface area contributed by atoms with Crippen molar-refractivity contribution >= 4 is 18.3 Å². The van der Waals surface area contributed by atoms with E-state index in [1.54, 1.807) is 0 Å². The lowest BCUT2D eigenvalue weighted by atomic mass is 9.39. The fourth-order valence-corrected chi connectivity index (χ4v) is 2.64. The highest BCUT2D eigenvalue weighted by molar-refractivity contribution is 5.85. The van der Waals surface area contributed by atoms with Crippen LogP contribution in [-0.4, -0.2) is 11.4 Å². The van der Waals surface area contributed by atoms with Crippen molar-refractivity contribution in [3.8, 4) is 0 Å². The monoisotopic (exact) mass is 176 g/mol. The number of carbonyl (C=O) groups excluding carboxylic acids is 1. The first-order chi connectivity index (χ1) is 4.54. The molecule has 3 fully saturated rings. The number of amides is 1. The second-order valence-electron chi connectivity index (χ2n) is 4.04. The highest BCUT2D eigenvalue weighted by Crippen LogP contribution is 2.67. The number of carbonyl (C=O) groups is 1. The molecule has 0 aliphatic heterocycles. The lowest BCUT2D eigenvalue weighted by molar-refractivity contribution is -0.151. The number of rotatable bonds is 2. The maximum atomic E-state index is 10.5. The Bertz CT molecular complexity index is 185. The SMILES string of the molecule is Cl.NC(=O)CC12CC(N)(C1)C2. The van der Waals surface area contributed by atoms with Gasteiger partial charge in [0.1, 0.15) is 0 Å². The van der Waals surface area contributed by atoms with Crippen LogP contribution in [0.2, 0.25) is 0 Å². The van der Waals surface area contributed by atoms with Crippen LogP contribution < -0.4 is 11.5 Å². The van der Waals surface area contributed by atoms with E-state index in [4.69, 9.17) is 11.5 Å².